The predicted molar refractivity (Wildman–Crippen MR) is 80.7 cm³/mol. The van der Waals surface area contributed by atoms with E-state index in [1.54, 1.807) is 0 Å². The third-order valence-corrected chi connectivity index (χ3v) is 4.27. The maximum absolute atomic E-state index is 6.10. The van der Waals surface area contributed by atoms with Gasteiger partial charge < -0.3 is 5.32 Å². The molecule has 0 bridgehead atoms. The second-order valence-electron chi connectivity index (χ2n) is 4.21. The second-order valence-corrected chi connectivity index (χ2v) is 5.59. The van der Waals surface area contributed by atoms with Crippen molar-refractivity contribution >= 4 is 22.9 Å². The molecule has 0 amide bonds. The Hall–Kier alpha value is -0.830. The molecular weight excluding hydrogens is 262 g/mol. The van der Waals surface area contributed by atoms with Gasteiger partial charge in [-0.3, -0.25) is 0 Å². The standard InChI is InChI=1S/C15H18ClNS/c1-3-11-8-9-18-15(11)14(17-4-2)12-6-5-7-13(16)10-12/h5-10,14,17H,3-4H2,1-2H3. The average Bonchev–Trinajstić information content (AvgIpc) is 2.84. The summed E-state index contributed by atoms with van der Waals surface area (Å²) in [5, 5.41) is 6.52. The van der Waals surface area contributed by atoms with E-state index in [-0.39, 0.29) is 6.04 Å². The maximum atomic E-state index is 6.10. The van der Waals surface area contributed by atoms with Gasteiger partial charge in [-0.2, -0.15) is 0 Å². The number of thiophene rings is 1. The monoisotopic (exact) mass is 279 g/mol. The van der Waals surface area contributed by atoms with Crippen molar-refractivity contribution in [3.8, 4) is 0 Å². The summed E-state index contributed by atoms with van der Waals surface area (Å²) in [5.41, 5.74) is 2.66. The molecule has 96 valence electrons. The normalized spacial score (nSPS) is 12.6. The highest BCUT2D eigenvalue weighted by molar-refractivity contribution is 7.10. The molecule has 1 atom stereocenters. The molecule has 1 unspecified atom stereocenters. The van der Waals surface area contributed by atoms with Gasteiger partial charge in [0, 0.05) is 9.90 Å². The Morgan fingerprint density at radius 2 is 2.11 bits per heavy atom. The Labute approximate surface area is 118 Å². The first-order chi connectivity index (χ1) is 8.76. The quantitative estimate of drug-likeness (QED) is 0.839. The summed E-state index contributed by atoms with van der Waals surface area (Å²) in [6, 6.07) is 10.6. The number of hydrogen-bond acceptors (Lipinski definition) is 2. The van der Waals surface area contributed by atoms with E-state index in [0.29, 0.717) is 0 Å². The van der Waals surface area contributed by atoms with Gasteiger partial charge in [0.15, 0.2) is 0 Å². The molecule has 3 heteroatoms. The van der Waals surface area contributed by atoms with Crippen LogP contribution in [0.25, 0.3) is 0 Å². The molecule has 1 aromatic carbocycles. The van der Waals surface area contributed by atoms with Crippen molar-refractivity contribution in [2.24, 2.45) is 0 Å². The lowest BCUT2D eigenvalue weighted by molar-refractivity contribution is 0.635. The van der Waals surface area contributed by atoms with Crippen LogP contribution in [0.3, 0.4) is 0 Å². The molecule has 0 fully saturated rings. The van der Waals surface area contributed by atoms with Crippen LogP contribution in [0, 0.1) is 0 Å². The highest BCUT2D eigenvalue weighted by Gasteiger charge is 2.17. The molecule has 0 saturated heterocycles. The smallest absolute Gasteiger partial charge is 0.0674 e. The fourth-order valence-corrected chi connectivity index (χ4v) is 3.44. The van der Waals surface area contributed by atoms with Gasteiger partial charge in [0.1, 0.15) is 0 Å². The number of benzene rings is 1. The third-order valence-electron chi connectivity index (χ3n) is 3.01. The van der Waals surface area contributed by atoms with Gasteiger partial charge in [-0.05, 0) is 47.7 Å². The fourth-order valence-electron chi connectivity index (χ4n) is 2.14. The summed E-state index contributed by atoms with van der Waals surface area (Å²) in [4.78, 5) is 1.40. The van der Waals surface area contributed by atoms with Crippen LogP contribution in [-0.4, -0.2) is 6.54 Å². The van der Waals surface area contributed by atoms with E-state index in [1.807, 2.05) is 29.5 Å². The largest absolute Gasteiger partial charge is 0.306 e. The summed E-state index contributed by atoms with van der Waals surface area (Å²) in [7, 11) is 0. The minimum atomic E-state index is 0.253. The summed E-state index contributed by atoms with van der Waals surface area (Å²) in [6.07, 6.45) is 1.07. The Kier molecular flexibility index (Phi) is 4.81. The van der Waals surface area contributed by atoms with Crippen LogP contribution in [0.15, 0.2) is 35.7 Å². The van der Waals surface area contributed by atoms with Gasteiger partial charge in [-0.25, -0.2) is 0 Å². The molecule has 0 aliphatic heterocycles. The van der Waals surface area contributed by atoms with E-state index in [9.17, 15) is 0 Å². The van der Waals surface area contributed by atoms with Crippen LogP contribution < -0.4 is 5.32 Å². The number of hydrogen-bond donors (Lipinski definition) is 1. The molecule has 1 nitrogen and oxygen atoms in total. The highest BCUT2D eigenvalue weighted by atomic mass is 35.5. The highest BCUT2D eigenvalue weighted by Crippen LogP contribution is 2.31. The Balaban J connectivity index is 2.39. The van der Waals surface area contributed by atoms with Crippen LogP contribution in [-0.2, 0) is 6.42 Å². The first kappa shape index (κ1) is 13.6. The topological polar surface area (TPSA) is 12.0 Å². The molecule has 0 saturated carbocycles. The molecule has 2 aromatic rings. The van der Waals surface area contributed by atoms with Crippen LogP contribution in [0.1, 0.15) is 35.9 Å². The summed E-state index contributed by atoms with van der Waals surface area (Å²) in [6.45, 7) is 5.28. The molecule has 0 aliphatic rings. The lowest BCUT2D eigenvalue weighted by Gasteiger charge is -2.19. The van der Waals surface area contributed by atoms with E-state index < -0.39 is 0 Å². The molecule has 2 rings (SSSR count). The lowest BCUT2D eigenvalue weighted by atomic mass is 10.0. The van der Waals surface area contributed by atoms with Crippen molar-refractivity contribution in [2.75, 3.05) is 6.54 Å². The van der Waals surface area contributed by atoms with Crippen LogP contribution >= 0.6 is 22.9 Å². The first-order valence-electron chi connectivity index (χ1n) is 6.31. The van der Waals surface area contributed by atoms with Crippen molar-refractivity contribution in [2.45, 2.75) is 26.3 Å². The van der Waals surface area contributed by atoms with Gasteiger partial charge in [0.25, 0.3) is 0 Å². The van der Waals surface area contributed by atoms with E-state index >= 15 is 0 Å². The zero-order chi connectivity index (χ0) is 13.0. The van der Waals surface area contributed by atoms with Crippen molar-refractivity contribution in [3.05, 3.63) is 56.7 Å². The summed E-state index contributed by atoms with van der Waals surface area (Å²) >= 11 is 7.92. The van der Waals surface area contributed by atoms with Gasteiger partial charge in [-0.15, -0.1) is 11.3 Å². The third kappa shape index (κ3) is 2.94. The Bertz CT molecular complexity index is 507. The Morgan fingerprint density at radius 1 is 1.28 bits per heavy atom. The van der Waals surface area contributed by atoms with Crippen LogP contribution in [0.4, 0.5) is 0 Å². The number of nitrogens with one attached hydrogen (secondary N) is 1. The van der Waals surface area contributed by atoms with Crippen molar-refractivity contribution in [3.63, 3.8) is 0 Å². The van der Waals surface area contributed by atoms with Crippen molar-refractivity contribution in [1.82, 2.24) is 5.32 Å². The minimum absolute atomic E-state index is 0.253. The molecule has 1 heterocycles. The first-order valence-corrected chi connectivity index (χ1v) is 7.57. The minimum Gasteiger partial charge on any atom is -0.306 e. The van der Waals surface area contributed by atoms with Crippen molar-refractivity contribution in [1.29, 1.82) is 0 Å². The zero-order valence-electron chi connectivity index (χ0n) is 10.7. The number of rotatable bonds is 5. The summed E-state index contributed by atoms with van der Waals surface area (Å²) in [5.74, 6) is 0. The molecule has 0 radical (unpaired) electrons. The predicted octanol–water partition coefficient (Wildman–Crippen LogP) is 4.66. The molecule has 1 N–H and O–H groups in total. The van der Waals surface area contributed by atoms with Gasteiger partial charge in [0.2, 0.25) is 0 Å². The fraction of sp³-hybridized carbons (Fsp3) is 0.333. The maximum Gasteiger partial charge on any atom is 0.0674 e. The van der Waals surface area contributed by atoms with Crippen LogP contribution in [0.2, 0.25) is 5.02 Å². The van der Waals surface area contributed by atoms with Gasteiger partial charge >= 0.3 is 0 Å². The lowest BCUT2D eigenvalue weighted by Crippen LogP contribution is -2.22. The zero-order valence-corrected chi connectivity index (χ0v) is 12.3. The van der Waals surface area contributed by atoms with Crippen LogP contribution in [0.5, 0.6) is 0 Å². The molecule has 0 spiro atoms. The Morgan fingerprint density at radius 3 is 2.78 bits per heavy atom. The molecule has 0 aliphatic carbocycles. The summed E-state index contributed by atoms with van der Waals surface area (Å²) < 4.78 is 0. The van der Waals surface area contributed by atoms with Gasteiger partial charge in [0.05, 0.1) is 6.04 Å². The molecule has 18 heavy (non-hydrogen) atoms. The average molecular weight is 280 g/mol. The van der Waals surface area contributed by atoms with E-state index in [4.69, 9.17) is 11.6 Å². The second kappa shape index (κ2) is 6.37. The van der Waals surface area contributed by atoms with E-state index in [0.717, 1.165) is 18.0 Å². The van der Waals surface area contributed by atoms with Crippen molar-refractivity contribution < 1.29 is 0 Å². The molecular formula is C15H18ClNS. The number of halogens is 1. The SMILES string of the molecule is CCNC(c1cccc(Cl)c1)c1sccc1CC. The van der Waals surface area contributed by atoms with Gasteiger partial charge in [-0.1, -0.05) is 37.6 Å². The van der Waals surface area contributed by atoms with E-state index in [1.165, 1.54) is 16.0 Å². The molecule has 1 aromatic heterocycles. The van der Waals surface area contributed by atoms with E-state index in [2.05, 4.69) is 36.7 Å². The number of aryl methyl sites for hydroxylation is 1.